The lowest BCUT2D eigenvalue weighted by atomic mass is 10.0. The van der Waals surface area contributed by atoms with Gasteiger partial charge < -0.3 is 26.6 Å². The maximum absolute atomic E-state index is 12.7. The van der Waals surface area contributed by atoms with Crippen LogP contribution in [0.2, 0.25) is 0 Å². The number of hydrogen-bond donors (Lipinski definition) is 5. The molecule has 5 amide bonds. The maximum atomic E-state index is 12.7. The molecule has 2 aromatic carbocycles. The summed E-state index contributed by atoms with van der Waals surface area (Å²) >= 11 is 0. The third kappa shape index (κ3) is 8.22. The van der Waals surface area contributed by atoms with Crippen molar-refractivity contribution in [2.45, 2.75) is 26.4 Å². The number of benzene rings is 2. The third-order valence-electron chi connectivity index (χ3n) is 4.35. The van der Waals surface area contributed by atoms with Gasteiger partial charge in [-0.3, -0.25) is 4.79 Å². The third-order valence-corrected chi connectivity index (χ3v) is 4.35. The highest BCUT2D eigenvalue weighted by Gasteiger charge is 2.24. The number of anilines is 2. The number of carbonyl (C=O) groups is 3. The summed E-state index contributed by atoms with van der Waals surface area (Å²) in [7, 11) is 0. The summed E-state index contributed by atoms with van der Waals surface area (Å²) in [6, 6.07) is 14.7. The van der Waals surface area contributed by atoms with E-state index in [1.165, 1.54) is 0 Å². The van der Waals surface area contributed by atoms with E-state index in [-0.39, 0.29) is 17.9 Å². The van der Waals surface area contributed by atoms with Crippen molar-refractivity contribution in [3.05, 3.63) is 72.8 Å². The van der Waals surface area contributed by atoms with Crippen molar-refractivity contribution in [3.8, 4) is 0 Å². The molecule has 0 bridgehead atoms. The average molecular weight is 424 g/mol. The van der Waals surface area contributed by atoms with E-state index < -0.39 is 12.1 Å². The molecule has 2 rings (SSSR count). The van der Waals surface area contributed by atoms with Crippen molar-refractivity contribution >= 4 is 29.3 Å². The molecule has 0 aliphatic carbocycles. The van der Waals surface area contributed by atoms with Gasteiger partial charge in [-0.15, -0.1) is 6.58 Å². The largest absolute Gasteiger partial charge is 0.334 e. The van der Waals surface area contributed by atoms with Crippen LogP contribution in [0.25, 0.3) is 0 Å². The lowest BCUT2D eigenvalue weighted by Crippen LogP contribution is -2.50. The number of urea groups is 2. The van der Waals surface area contributed by atoms with E-state index in [9.17, 15) is 14.4 Å². The minimum atomic E-state index is -0.710. The first-order chi connectivity index (χ1) is 14.9. The molecule has 0 saturated carbocycles. The van der Waals surface area contributed by atoms with E-state index in [4.69, 9.17) is 0 Å². The molecule has 164 valence electrons. The van der Waals surface area contributed by atoms with Crippen LogP contribution in [0, 0.1) is 5.92 Å². The molecule has 8 heteroatoms. The number of carbonyl (C=O) groups excluding carboxylic acids is 3. The topological polar surface area (TPSA) is 111 Å². The Bertz CT molecular complexity index is 882. The molecular weight excluding hydrogens is 394 g/mol. The smallest absolute Gasteiger partial charge is 0.319 e. The Morgan fingerprint density at radius 3 is 2.06 bits per heavy atom. The van der Waals surface area contributed by atoms with Crippen molar-refractivity contribution < 1.29 is 14.4 Å². The molecule has 0 spiro atoms. The summed E-state index contributed by atoms with van der Waals surface area (Å²) in [5.41, 5.74) is 2.10. The Morgan fingerprint density at radius 2 is 1.48 bits per heavy atom. The molecule has 0 saturated heterocycles. The SMILES string of the molecule is C=CCNC(=O)Nc1ccc(NC(=O)C(NC(=O)NCc2ccccc2)C(C)C)cc1. The zero-order chi connectivity index (χ0) is 22.6. The highest BCUT2D eigenvalue weighted by molar-refractivity contribution is 5.97. The molecule has 0 aliphatic heterocycles. The molecular formula is C23H29N5O3. The molecule has 0 fully saturated rings. The number of nitrogens with one attached hydrogen (secondary N) is 5. The van der Waals surface area contributed by atoms with Gasteiger partial charge in [0.2, 0.25) is 5.91 Å². The van der Waals surface area contributed by atoms with Crippen molar-refractivity contribution in [1.29, 1.82) is 0 Å². The first kappa shape index (κ1) is 23.5. The van der Waals surface area contributed by atoms with Crippen LogP contribution in [0.15, 0.2) is 67.3 Å². The van der Waals surface area contributed by atoms with Crippen molar-refractivity contribution in [2.75, 3.05) is 17.2 Å². The van der Waals surface area contributed by atoms with Gasteiger partial charge in [0.05, 0.1) is 0 Å². The van der Waals surface area contributed by atoms with Gasteiger partial charge in [0.1, 0.15) is 6.04 Å². The van der Waals surface area contributed by atoms with Crippen LogP contribution in [-0.2, 0) is 11.3 Å². The Kier molecular flexibility index (Phi) is 9.10. The van der Waals surface area contributed by atoms with Gasteiger partial charge in [-0.1, -0.05) is 50.3 Å². The second-order valence-corrected chi connectivity index (χ2v) is 7.22. The first-order valence-corrected chi connectivity index (χ1v) is 10.0. The second-order valence-electron chi connectivity index (χ2n) is 7.22. The van der Waals surface area contributed by atoms with E-state index in [1.54, 1.807) is 30.3 Å². The fourth-order valence-corrected chi connectivity index (χ4v) is 2.70. The van der Waals surface area contributed by atoms with Gasteiger partial charge in [0.25, 0.3) is 0 Å². The predicted molar refractivity (Wildman–Crippen MR) is 123 cm³/mol. The Morgan fingerprint density at radius 1 is 0.871 bits per heavy atom. The van der Waals surface area contributed by atoms with Gasteiger partial charge >= 0.3 is 12.1 Å². The zero-order valence-electron chi connectivity index (χ0n) is 17.8. The first-order valence-electron chi connectivity index (χ1n) is 10.0. The van der Waals surface area contributed by atoms with Gasteiger partial charge in [-0.25, -0.2) is 9.59 Å². The fraction of sp³-hybridized carbons (Fsp3) is 0.261. The summed E-state index contributed by atoms with van der Waals surface area (Å²) in [5, 5.41) is 13.6. The highest BCUT2D eigenvalue weighted by Crippen LogP contribution is 2.15. The van der Waals surface area contributed by atoms with E-state index in [0.717, 1.165) is 5.56 Å². The zero-order valence-corrected chi connectivity index (χ0v) is 17.8. The summed E-state index contributed by atoms with van der Waals surface area (Å²) in [6.45, 7) is 7.98. The molecule has 31 heavy (non-hydrogen) atoms. The maximum Gasteiger partial charge on any atom is 0.319 e. The molecule has 0 aromatic heterocycles. The molecule has 1 unspecified atom stereocenters. The van der Waals surface area contributed by atoms with Gasteiger partial charge in [-0.05, 0) is 35.7 Å². The monoisotopic (exact) mass is 423 g/mol. The van der Waals surface area contributed by atoms with E-state index in [1.807, 2.05) is 44.2 Å². The Balaban J connectivity index is 1.88. The van der Waals surface area contributed by atoms with Crippen LogP contribution < -0.4 is 26.6 Å². The standard InChI is InChI=1S/C23H29N5O3/c1-4-14-24-22(30)27-19-12-10-18(11-13-19)26-21(29)20(16(2)3)28-23(31)25-15-17-8-6-5-7-9-17/h4-13,16,20H,1,14-15H2,2-3H3,(H,26,29)(H2,24,27,30)(H2,25,28,31). The van der Waals surface area contributed by atoms with Crippen LogP contribution >= 0.6 is 0 Å². The lowest BCUT2D eigenvalue weighted by molar-refractivity contribution is -0.118. The van der Waals surface area contributed by atoms with E-state index in [0.29, 0.717) is 24.5 Å². The number of amides is 5. The summed E-state index contributed by atoms with van der Waals surface area (Å²) in [6.07, 6.45) is 1.58. The number of hydrogen-bond acceptors (Lipinski definition) is 3. The lowest BCUT2D eigenvalue weighted by Gasteiger charge is -2.22. The van der Waals surface area contributed by atoms with Crippen LogP contribution in [-0.4, -0.2) is 30.6 Å². The van der Waals surface area contributed by atoms with Crippen LogP contribution in [0.3, 0.4) is 0 Å². The minimum Gasteiger partial charge on any atom is -0.334 e. The van der Waals surface area contributed by atoms with Crippen LogP contribution in [0.4, 0.5) is 21.0 Å². The fourth-order valence-electron chi connectivity index (χ4n) is 2.70. The molecule has 0 radical (unpaired) electrons. The molecule has 8 nitrogen and oxygen atoms in total. The molecule has 0 heterocycles. The highest BCUT2D eigenvalue weighted by atomic mass is 16.2. The van der Waals surface area contributed by atoms with Crippen LogP contribution in [0.1, 0.15) is 19.4 Å². The molecule has 1 atom stereocenters. The molecule has 0 aliphatic rings. The van der Waals surface area contributed by atoms with Gasteiger partial charge in [-0.2, -0.15) is 0 Å². The Labute approximate surface area is 182 Å². The molecule has 5 N–H and O–H groups in total. The second kappa shape index (κ2) is 12.0. The Hall–Kier alpha value is -3.81. The number of rotatable bonds is 9. The normalized spacial score (nSPS) is 11.2. The van der Waals surface area contributed by atoms with Crippen LogP contribution in [0.5, 0.6) is 0 Å². The van der Waals surface area contributed by atoms with Crippen molar-refractivity contribution in [2.24, 2.45) is 5.92 Å². The van der Waals surface area contributed by atoms with Gasteiger partial charge in [0.15, 0.2) is 0 Å². The summed E-state index contributed by atoms with van der Waals surface area (Å²) in [4.78, 5) is 36.6. The van der Waals surface area contributed by atoms with E-state index >= 15 is 0 Å². The summed E-state index contributed by atoms with van der Waals surface area (Å²) in [5.74, 6) is -0.439. The summed E-state index contributed by atoms with van der Waals surface area (Å²) < 4.78 is 0. The minimum absolute atomic E-state index is 0.114. The molecule has 2 aromatic rings. The quantitative estimate of drug-likeness (QED) is 0.398. The van der Waals surface area contributed by atoms with Crippen molar-refractivity contribution in [1.82, 2.24) is 16.0 Å². The van der Waals surface area contributed by atoms with Crippen molar-refractivity contribution in [3.63, 3.8) is 0 Å². The average Bonchev–Trinajstić information content (AvgIpc) is 2.76. The predicted octanol–water partition coefficient (Wildman–Crippen LogP) is 3.46. The van der Waals surface area contributed by atoms with E-state index in [2.05, 4.69) is 33.2 Å². The van der Waals surface area contributed by atoms with Gasteiger partial charge in [0, 0.05) is 24.5 Å².